The van der Waals surface area contributed by atoms with E-state index >= 15 is 0 Å². The van der Waals surface area contributed by atoms with Crippen LogP contribution < -0.4 is 5.73 Å². The van der Waals surface area contributed by atoms with Gasteiger partial charge in [0.25, 0.3) is 5.91 Å². The fraction of sp³-hybridized carbons (Fsp3) is 0.292. The lowest BCUT2D eigenvalue weighted by molar-refractivity contribution is 0.0668. The minimum atomic E-state index is -0.215. The third-order valence-electron chi connectivity index (χ3n) is 5.65. The van der Waals surface area contributed by atoms with Crippen LogP contribution in [0.4, 0.5) is 10.3 Å². The van der Waals surface area contributed by atoms with Crippen LogP contribution in [0.15, 0.2) is 60.8 Å². The molecule has 6 heteroatoms. The summed E-state index contributed by atoms with van der Waals surface area (Å²) in [5.74, 6) is 0.303. The molecule has 1 aromatic heterocycles. The number of carbonyl (C=O) groups excluding carboxylic acids is 1. The molecule has 1 fully saturated rings. The maximum atomic E-state index is 13.3. The maximum absolute atomic E-state index is 13.3. The van der Waals surface area contributed by atoms with Gasteiger partial charge in [-0.25, -0.2) is 14.4 Å². The van der Waals surface area contributed by atoms with Crippen LogP contribution in [0.1, 0.15) is 35.2 Å². The quantitative estimate of drug-likeness (QED) is 0.686. The molecule has 0 spiro atoms. The first-order chi connectivity index (χ1) is 14.6. The van der Waals surface area contributed by atoms with Crippen molar-refractivity contribution in [3.05, 3.63) is 77.7 Å². The van der Waals surface area contributed by atoms with E-state index in [4.69, 9.17) is 5.73 Å². The highest BCUT2D eigenvalue weighted by Crippen LogP contribution is 2.27. The van der Waals surface area contributed by atoms with Gasteiger partial charge in [0.2, 0.25) is 5.95 Å². The van der Waals surface area contributed by atoms with Crippen LogP contribution in [0.3, 0.4) is 0 Å². The second-order valence-electron chi connectivity index (χ2n) is 7.78. The number of benzene rings is 2. The van der Waals surface area contributed by atoms with E-state index in [2.05, 4.69) is 9.97 Å². The molecular weight excluding hydrogens is 379 g/mol. The van der Waals surface area contributed by atoms with Crippen molar-refractivity contribution < 1.29 is 9.18 Å². The van der Waals surface area contributed by atoms with Crippen LogP contribution >= 0.6 is 0 Å². The molecule has 154 valence electrons. The highest BCUT2D eigenvalue weighted by molar-refractivity contribution is 5.99. The molecule has 0 saturated carbocycles. The molecule has 0 aliphatic carbocycles. The number of nitrogen functional groups attached to an aromatic ring is 1. The van der Waals surface area contributed by atoms with Gasteiger partial charge in [-0.05, 0) is 49.3 Å². The van der Waals surface area contributed by atoms with E-state index in [9.17, 15) is 9.18 Å². The van der Waals surface area contributed by atoms with Gasteiger partial charge in [-0.3, -0.25) is 4.79 Å². The largest absolute Gasteiger partial charge is 0.368 e. The van der Waals surface area contributed by atoms with Crippen molar-refractivity contribution in [3.63, 3.8) is 0 Å². The van der Waals surface area contributed by atoms with E-state index in [0.29, 0.717) is 23.7 Å². The summed E-state index contributed by atoms with van der Waals surface area (Å²) in [6, 6.07) is 16.2. The van der Waals surface area contributed by atoms with Gasteiger partial charge >= 0.3 is 0 Å². The molecule has 0 radical (unpaired) electrons. The molecule has 1 atom stereocenters. The van der Waals surface area contributed by atoms with Crippen molar-refractivity contribution in [2.24, 2.45) is 5.92 Å². The molecule has 2 N–H and O–H groups in total. The molecule has 1 saturated heterocycles. The first-order valence-electron chi connectivity index (χ1n) is 10.3. The number of rotatable bonds is 5. The highest BCUT2D eigenvalue weighted by Gasteiger charge is 2.27. The Bertz CT molecular complexity index is 1010. The van der Waals surface area contributed by atoms with Crippen LogP contribution in [-0.4, -0.2) is 33.9 Å². The number of nitrogens with two attached hydrogens (primary N) is 1. The smallest absolute Gasteiger partial charge is 0.257 e. The van der Waals surface area contributed by atoms with E-state index in [0.717, 1.165) is 43.4 Å². The number of aryl methyl sites for hydroxylation is 1. The van der Waals surface area contributed by atoms with Gasteiger partial charge in [0.1, 0.15) is 5.82 Å². The molecule has 0 unspecified atom stereocenters. The molecule has 2 heterocycles. The van der Waals surface area contributed by atoms with Gasteiger partial charge in [-0.1, -0.05) is 42.5 Å². The second-order valence-corrected chi connectivity index (χ2v) is 7.78. The third kappa shape index (κ3) is 4.64. The number of anilines is 1. The first-order valence-corrected chi connectivity index (χ1v) is 10.3. The average molecular weight is 404 g/mol. The minimum Gasteiger partial charge on any atom is -0.368 e. The van der Waals surface area contributed by atoms with Gasteiger partial charge in [-0.2, -0.15) is 0 Å². The Balaban J connectivity index is 1.47. The number of piperidine rings is 1. The maximum Gasteiger partial charge on any atom is 0.257 e. The minimum absolute atomic E-state index is 0.0552. The first kappa shape index (κ1) is 20.0. The van der Waals surface area contributed by atoms with Crippen molar-refractivity contribution in [2.75, 3.05) is 18.8 Å². The summed E-state index contributed by atoms with van der Waals surface area (Å²) >= 11 is 0. The standard InChI is InChI=1S/C24H25FN4O/c25-20-12-10-17(11-13-20)8-9-18-5-4-14-29(16-18)23(30)21-15-27-24(26)28-22(21)19-6-2-1-3-7-19/h1-3,6-7,10-13,15,18H,4-5,8-9,14,16H2,(H2,26,27,28)/t18-/m1/s1. The number of hydrogen-bond donors (Lipinski definition) is 1. The molecule has 2 aromatic carbocycles. The SMILES string of the molecule is Nc1ncc(C(=O)N2CCC[C@H](CCc3ccc(F)cc3)C2)c(-c2ccccc2)n1. The second kappa shape index (κ2) is 9.03. The third-order valence-corrected chi connectivity index (χ3v) is 5.65. The van der Waals surface area contributed by atoms with Gasteiger partial charge < -0.3 is 10.6 Å². The fourth-order valence-electron chi connectivity index (χ4n) is 4.05. The summed E-state index contributed by atoms with van der Waals surface area (Å²) in [5, 5.41) is 0. The summed E-state index contributed by atoms with van der Waals surface area (Å²) in [6.45, 7) is 1.43. The lowest BCUT2D eigenvalue weighted by Gasteiger charge is -2.33. The van der Waals surface area contributed by atoms with Crippen LogP contribution in [-0.2, 0) is 6.42 Å². The lowest BCUT2D eigenvalue weighted by Crippen LogP contribution is -2.40. The Hall–Kier alpha value is -3.28. The van der Waals surface area contributed by atoms with Crippen molar-refractivity contribution in [1.29, 1.82) is 0 Å². The topological polar surface area (TPSA) is 72.1 Å². The van der Waals surface area contributed by atoms with Crippen molar-refractivity contribution in [1.82, 2.24) is 14.9 Å². The van der Waals surface area contributed by atoms with E-state index in [1.54, 1.807) is 0 Å². The number of likely N-dealkylation sites (tertiary alicyclic amines) is 1. The number of halogens is 1. The van der Waals surface area contributed by atoms with Gasteiger partial charge in [-0.15, -0.1) is 0 Å². The number of carbonyl (C=O) groups is 1. The lowest BCUT2D eigenvalue weighted by atomic mass is 9.91. The Labute approximate surface area is 175 Å². The van der Waals surface area contributed by atoms with Crippen LogP contribution in [0.25, 0.3) is 11.3 Å². The van der Waals surface area contributed by atoms with E-state index in [-0.39, 0.29) is 17.7 Å². The van der Waals surface area contributed by atoms with Gasteiger partial charge in [0, 0.05) is 24.8 Å². The van der Waals surface area contributed by atoms with Crippen molar-refractivity contribution in [3.8, 4) is 11.3 Å². The Kier molecular flexibility index (Phi) is 6.02. The molecule has 1 aliphatic rings. The molecule has 3 aromatic rings. The molecule has 1 aliphatic heterocycles. The van der Waals surface area contributed by atoms with Gasteiger partial charge in [0.05, 0.1) is 11.3 Å². The van der Waals surface area contributed by atoms with Crippen LogP contribution in [0.5, 0.6) is 0 Å². The zero-order valence-corrected chi connectivity index (χ0v) is 16.8. The zero-order chi connectivity index (χ0) is 20.9. The number of amides is 1. The number of aromatic nitrogens is 2. The summed E-state index contributed by atoms with van der Waals surface area (Å²) in [5.41, 5.74) is 8.82. The normalized spacial score (nSPS) is 16.4. The monoisotopic (exact) mass is 404 g/mol. The fourth-order valence-corrected chi connectivity index (χ4v) is 4.05. The Morgan fingerprint density at radius 1 is 1.13 bits per heavy atom. The zero-order valence-electron chi connectivity index (χ0n) is 16.8. The number of hydrogen-bond acceptors (Lipinski definition) is 4. The molecule has 0 bridgehead atoms. The Morgan fingerprint density at radius 2 is 1.90 bits per heavy atom. The molecule has 30 heavy (non-hydrogen) atoms. The summed E-state index contributed by atoms with van der Waals surface area (Å²) in [6.07, 6.45) is 5.45. The summed E-state index contributed by atoms with van der Waals surface area (Å²) in [4.78, 5) is 23.7. The number of nitrogens with zero attached hydrogens (tertiary/aromatic N) is 3. The predicted octanol–water partition coefficient (Wildman–Crippen LogP) is 4.35. The van der Waals surface area contributed by atoms with Gasteiger partial charge in [0.15, 0.2) is 0 Å². The van der Waals surface area contributed by atoms with E-state index in [1.165, 1.54) is 18.3 Å². The van der Waals surface area contributed by atoms with Crippen LogP contribution in [0.2, 0.25) is 0 Å². The molecule has 5 nitrogen and oxygen atoms in total. The molecular formula is C24H25FN4O. The Morgan fingerprint density at radius 3 is 2.67 bits per heavy atom. The highest BCUT2D eigenvalue weighted by atomic mass is 19.1. The summed E-state index contributed by atoms with van der Waals surface area (Å²) in [7, 11) is 0. The van der Waals surface area contributed by atoms with Crippen molar-refractivity contribution >= 4 is 11.9 Å². The van der Waals surface area contributed by atoms with E-state index < -0.39 is 0 Å². The molecule has 4 rings (SSSR count). The summed E-state index contributed by atoms with van der Waals surface area (Å²) < 4.78 is 13.1. The van der Waals surface area contributed by atoms with Crippen LogP contribution in [0, 0.1) is 11.7 Å². The average Bonchev–Trinajstić information content (AvgIpc) is 2.79. The predicted molar refractivity (Wildman–Crippen MR) is 115 cm³/mol. The van der Waals surface area contributed by atoms with E-state index in [1.807, 2.05) is 47.4 Å². The van der Waals surface area contributed by atoms with Crippen molar-refractivity contribution in [2.45, 2.75) is 25.7 Å². The molecule has 1 amide bonds.